The van der Waals surface area contributed by atoms with Gasteiger partial charge in [0.25, 0.3) is 0 Å². The highest BCUT2D eigenvalue weighted by Gasteiger charge is 2.47. The van der Waals surface area contributed by atoms with Crippen LogP contribution in [-0.4, -0.2) is 101 Å². The van der Waals surface area contributed by atoms with Crippen LogP contribution in [-0.2, 0) is 49.2 Å². The molecule has 2 N–H and O–H groups in total. The van der Waals surface area contributed by atoms with Crippen molar-refractivity contribution in [2.24, 2.45) is 0 Å². The van der Waals surface area contributed by atoms with Crippen molar-refractivity contribution in [2.45, 2.75) is 110 Å². The van der Waals surface area contributed by atoms with E-state index in [0.717, 1.165) is 12.1 Å². The summed E-state index contributed by atoms with van der Waals surface area (Å²) >= 11 is 0. The third-order valence-corrected chi connectivity index (χ3v) is 29.1. The lowest BCUT2D eigenvalue weighted by Gasteiger charge is -2.43. The van der Waals surface area contributed by atoms with Gasteiger partial charge < -0.3 is 40.7 Å². The molecule has 0 radical (unpaired) electrons. The molecule has 0 aromatic carbocycles. The van der Waals surface area contributed by atoms with Crippen LogP contribution in [0.25, 0.3) is 0 Å². The van der Waals surface area contributed by atoms with Gasteiger partial charge in [-0.05, 0) is 110 Å². The Morgan fingerprint density at radius 3 is 1.16 bits per heavy atom. The third kappa shape index (κ3) is 19.5. The maximum atomic E-state index is 11.7. The molecule has 0 aromatic rings. The van der Waals surface area contributed by atoms with Gasteiger partial charge in [0.1, 0.15) is 0 Å². The molecule has 0 atom stereocenters. The summed E-state index contributed by atoms with van der Waals surface area (Å²) < 4.78 is 42.3. The number of ether oxygens (including phenoxy) is 2. The minimum atomic E-state index is -2.67. The van der Waals surface area contributed by atoms with Crippen molar-refractivity contribution in [3.63, 3.8) is 0 Å². The van der Waals surface area contributed by atoms with Crippen LogP contribution in [0.15, 0.2) is 0 Å². The van der Waals surface area contributed by atoms with E-state index in [-0.39, 0.29) is 6.61 Å². The van der Waals surface area contributed by atoms with E-state index in [1.165, 1.54) is 7.11 Å². The lowest BCUT2D eigenvalue weighted by molar-refractivity contribution is -0.154. The Hall–Kier alpha value is -1.02. The first-order chi connectivity index (χ1) is 19.8. The van der Waals surface area contributed by atoms with Gasteiger partial charge in [0.15, 0.2) is 16.6 Å². The normalized spacial score (nSPS) is 13.3. The number of methoxy groups -OCH3 is 1. The summed E-state index contributed by atoms with van der Waals surface area (Å²) in [7, 11) is -13.6. The monoisotopic (exact) mass is 730 g/mol. The predicted molar refractivity (Wildman–Crippen MR) is 184 cm³/mol. The molecule has 0 aliphatic heterocycles. The van der Waals surface area contributed by atoms with Gasteiger partial charge in [0, 0.05) is 13.1 Å². The van der Waals surface area contributed by atoms with Gasteiger partial charge in [-0.15, -0.1) is 0 Å². The van der Waals surface area contributed by atoms with Gasteiger partial charge in [-0.3, -0.25) is 9.59 Å². The highest BCUT2D eigenvalue weighted by atomic mass is 28.5. The van der Waals surface area contributed by atoms with Crippen molar-refractivity contribution >= 4 is 74.6 Å². The van der Waals surface area contributed by atoms with Crippen molar-refractivity contribution < 1.29 is 49.2 Å². The minimum absolute atomic E-state index is 0.160. The molecule has 0 aliphatic rings. The highest BCUT2D eigenvalue weighted by molar-refractivity contribution is 6.91. The molecule has 258 valence electrons. The van der Waals surface area contributed by atoms with Crippen LogP contribution in [0, 0.1) is 0 Å². The Labute approximate surface area is 271 Å². The van der Waals surface area contributed by atoms with Crippen molar-refractivity contribution in [3.8, 4) is 0 Å². The molecule has 0 spiro atoms. The summed E-state index contributed by atoms with van der Waals surface area (Å²) in [4.78, 5) is 46.1. The van der Waals surface area contributed by atoms with Crippen molar-refractivity contribution in [1.29, 1.82) is 0 Å². The molecule has 0 saturated heterocycles. The van der Waals surface area contributed by atoms with Gasteiger partial charge in [0.2, 0.25) is 0 Å². The quantitative estimate of drug-likeness (QED) is 0.0856. The van der Waals surface area contributed by atoms with Crippen LogP contribution in [0.2, 0.25) is 90.7 Å². The molecule has 0 rings (SSSR count). The van der Waals surface area contributed by atoms with Crippen molar-refractivity contribution in [2.75, 3.05) is 26.8 Å². The second-order valence-corrected chi connectivity index (χ2v) is 36.9. The lowest BCUT2D eigenvalue weighted by atomic mass is 10.4. The molecule has 0 unspecified atom stereocenters. The summed E-state index contributed by atoms with van der Waals surface area (Å²) in [6, 6.07) is 1.57. The molecular weight excluding hydrogens is 673 g/mol. The van der Waals surface area contributed by atoms with Gasteiger partial charge in [-0.25, -0.2) is 9.59 Å². The van der Waals surface area contributed by atoms with Gasteiger partial charge in [-0.1, -0.05) is 0 Å². The van der Waals surface area contributed by atoms with Crippen LogP contribution >= 0.6 is 0 Å². The van der Waals surface area contributed by atoms with Crippen molar-refractivity contribution in [1.82, 2.24) is 10.6 Å². The molecule has 0 bridgehead atoms. The zero-order chi connectivity index (χ0) is 34.6. The Morgan fingerprint density at radius 1 is 0.523 bits per heavy atom. The second-order valence-electron chi connectivity index (χ2n) is 13.6. The average Bonchev–Trinajstić information content (AvgIpc) is 2.79. The van der Waals surface area contributed by atoms with Gasteiger partial charge in [-0.2, -0.15) is 0 Å². The highest BCUT2D eigenvalue weighted by Crippen LogP contribution is 2.29. The smallest absolute Gasteiger partial charge is 0.396 e. The van der Waals surface area contributed by atoms with Crippen LogP contribution in [0.5, 0.6) is 0 Å². The first-order valence-electron chi connectivity index (χ1n) is 15.1. The first kappa shape index (κ1) is 43.0. The maximum absolute atomic E-state index is 11.7. The molecule has 0 fully saturated rings. The Bertz CT molecular complexity index is 978. The summed E-state index contributed by atoms with van der Waals surface area (Å²) in [5, 5.41) is 5.16. The van der Waals surface area contributed by atoms with E-state index in [1.54, 1.807) is 6.92 Å². The minimum Gasteiger partial charge on any atom is -0.462 e. The number of carbonyl (C=O) groups excluding carboxylic acids is 4. The Balaban J connectivity index is 4.97. The largest absolute Gasteiger partial charge is 0.462 e. The zero-order valence-corrected chi connectivity index (χ0v) is 35.4. The van der Waals surface area contributed by atoms with E-state index >= 15 is 0 Å². The molecule has 0 saturated carbocycles. The summed E-state index contributed by atoms with van der Waals surface area (Å²) in [5.74, 6) is -3.24. The molecule has 0 aromatic heterocycles. The average molecular weight is 731 g/mol. The van der Waals surface area contributed by atoms with E-state index in [4.69, 9.17) is 25.3 Å². The second kappa shape index (κ2) is 17.8. The Kier molecular flexibility index (Phi) is 17.4. The molecule has 19 heteroatoms. The number of nitrogens with one attached hydrogen (secondary N) is 2. The maximum Gasteiger partial charge on any atom is 0.396 e. The molecule has 44 heavy (non-hydrogen) atoms. The molecule has 2 amide bonds. The fourth-order valence-corrected chi connectivity index (χ4v) is 35.0. The fourth-order valence-electron chi connectivity index (χ4n) is 5.16. The van der Waals surface area contributed by atoms with E-state index < -0.39 is 74.6 Å². The lowest BCUT2D eigenvalue weighted by Crippen LogP contribution is -2.60. The summed E-state index contributed by atoms with van der Waals surface area (Å²) in [5.41, 5.74) is 0. The molecule has 0 aliphatic carbocycles. The SMILES string of the molecule is CCOC(=O)C(=O)NCCC[Si](C)(C)O[Si](C)(C)O[Si](C)(C)O[Si](C)(C)O[Si](C)(C)O[Si](C)(C)CCCNC(=O)C(=O)OC. The van der Waals surface area contributed by atoms with Crippen molar-refractivity contribution in [3.05, 3.63) is 0 Å². The molecular formula is C25H58N2O11Si6. The van der Waals surface area contributed by atoms with E-state index in [0.29, 0.717) is 25.9 Å². The number of rotatable bonds is 19. The first-order valence-corrected chi connectivity index (χ1v) is 32.6. The van der Waals surface area contributed by atoms with Gasteiger partial charge >= 0.3 is 58.0 Å². The number of amides is 2. The standard InChI is InChI=1S/C25H58N2O11Si6/c1-15-33-25(31)23(29)27-19-17-21-40(5,6)35-42(9,10)37-44(13,14)38-43(11,12)36-41(7,8)34-39(3,4)20-16-18-26-22(28)24(30)32-2/h15-21H2,1-14H3,(H,26,28)(H,27,29). The fraction of sp³-hybridized carbons (Fsp3) is 0.840. The predicted octanol–water partition coefficient (Wildman–Crippen LogP) is 4.04. The van der Waals surface area contributed by atoms with E-state index in [9.17, 15) is 19.2 Å². The van der Waals surface area contributed by atoms with Crippen LogP contribution in [0.1, 0.15) is 19.8 Å². The summed E-state index contributed by atoms with van der Waals surface area (Å²) in [6.45, 7) is 27.2. The van der Waals surface area contributed by atoms with Crippen LogP contribution in [0.3, 0.4) is 0 Å². The number of hydrogen-bond donors (Lipinski definition) is 2. The zero-order valence-electron chi connectivity index (χ0n) is 29.4. The number of hydrogen-bond acceptors (Lipinski definition) is 11. The van der Waals surface area contributed by atoms with Crippen LogP contribution in [0.4, 0.5) is 0 Å². The van der Waals surface area contributed by atoms with Gasteiger partial charge in [0.05, 0.1) is 13.7 Å². The topological polar surface area (TPSA) is 157 Å². The molecule has 13 nitrogen and oxygen atoms in total. The van der Waals surface area contributed by atoms with E-state index in [1.807, 2.05) is 52.4 Å². The summed E-state index contributed by atoms with van der Waals surface area (Å²) in [6.07, 6.45) is 1.36. The number of esters is 2. The number of carbonyl (C=O) groups is 4. The molecule has 0 heterocycles. The Morgan fingerprint density at radius 2 is 0.841 bits per heavy atom. The van der Waals surface area contributed by atoms with E-state index in [2.05, 4.69) is 41.6 Å². The third-order valence-electron chi connectivity index (χ3n) is 5.83. The van der Waals surface area contributed by atoms with Crippen LogP contribution < -0.4 is 10.6 Å².